The summed E-state index contributed by atoms with van der Waals surface area (Å²) in [6, 6.07) is 71.7. The van der Waals surface area contributed by atoms with Crippen LogP contribution in [0.5, 0.6) is 0 Å². The number of hydrogen-bond acceptors (Lipinski definition) is 3. The van der Waals surface area contributed by atoms with E-state index in [4.69, 9.17) is 0 Å². The average Bonchev–Trinajstić information content (AvgIpc) is 3.96. The maximum absolute atomic E-state index is 2.55. The third-order valence-corrected chi connectivity index (χ3v) is 13.4. The summed E-state index contributed by atoms with van der Waals surface area (Å²) in [5.41, 5.74) is 15.5. The lowest BCUT2D eigenvalue weighted by molar-refractivity contribution is 0.508. The van der Waals surface area contributed by atoms with Crippen LogP contribution >= 0.6 is 11.3 Å². The van der Waals surface area contributed by atoms with Crippen molar-refractivity contribution in [3.05, 3.63) is 216 Å². The van der Waals surface area contributed by atoms with Crippen LogP contribution in [-0.2, 0) is 18.3 Å². The fourth-order valence-corrected chi connectivity index (χ4v) is 10.9. The fraction of sp³-hybridized carbons (Fsp3) is 0.0943. The van der Waals surface area contributed by atoms with Crippen LogP contribution in [0.1, 0.15) is 35.1 Å². The molecule has 56 heavy (non-hydrogen) atoms. The Morgan fingerprint density at radius 1 is 0.375 bits per heavy atom. The van der Waals surface area contributed by atoms with Crippen LogP contribution in [0, 0.1) is 0 Å². The lowest BCUT2D eigenvalue weighted by Gasteiger charge is -2.37. The maximum atomic E-state index is 2.55. The van der Waals surface area contributed by atoms with Gasteiger partial charge < -0.3 is 9.80 Å². The fourth-order valence-electron chi connectivity index (χ4n) is 9.81. The molecule has 268 valence electrons. The van der Waals surface area contributed by atoms with Crippen LogP contribution in [0.3, 0.4) is 0 Å². The summed E-state index contributed by atoms with van der Waals surface area (Å²) in [5, 5.41) is 2.65. The van der Waals surface area contributed by atoms with E-state index in [2.05, 4.69) is 204 Å². The van der Waals surface area contributed by atoms with Gasteiger partial charge in [0.2, 0.25) is 0 Å². The first kappa shape index (κ1) is 33.0. The Bertz CT molecular complexity index is 2820. The second-order valence-electron chi connectivity index (χ2n) is 15.2. The van der Waals surface area contributed by atoms with Crippen LogP contribution in [0.25, 0.3) is 31.3 Å². The summed E-state index contributed by atoms with van der Waals surface area (Å²) in [6.45, 7) is 0. The van der Waals surface area contributed by atoms with E-state index < -0.39 is 0 Å². The molecule has 1 heterocycles. The Kier molecular flexibility index (Phi) is 7.89. The normalized spacial score (nSPS) is 15.6. The Morgan fingerprint density at radius 2 is 0.857 bits per heavy atom. The molecule has 0 N–H and O–H groups in total. The number of fused-ring (bicyclic) bond motifs is 7. The van der Waals surface area contributed by atoms with E-state index in [1.807, 2.05) is 11.3 Å². The highest BCUT2D eigenvalue weighted by atomic mass is 32.1. The van der Waals surface area contributed by atoms with Crippen molar-refractivity contribution in [3.8, 4) is 11.1 Å². The van der Waals surface area contributed by atoms with Gasteiger partial charge >= 0.3 is 0 Å². The topological polar surface area (TPSA) is 6.48 Å². The minimum atomic E-state index is -0.135. The summed E-state index contributed by atoms with van der Waals surface area (Å²) in [6.07, 6.45) is 4.31. The van der Waals surface area contributed by atoms with Crippen LogP contribution in [-0.4, -0.2) is 0 Å². The number of thiophene rings is 1. The standard InChI is InChI=1S/C53H40N2S/c1-4-14-37(15-5-1)38-26-28-43(29-27-38)55(44-30-31-46-45-22-10-11-25-49(45)56-50(46)36-44)48-24-13-17-40-33-35-53(52(40)48)34-32-39-16-12-23-47(51(39)53)54(41-18-6-2-7-19-41)42-20-8-3-9-21-42/h1-31,36H,32-35H2/t53-/m1/s1. The van der Waals surface area contributed by atoms with E-state index in [-0.39, 0.29) is 5.41 Å². The molecule has 0 unspecified atom stereocenters. The number of rotatable bonds is 7. The number of hydrogen-bond donors (Lipinski definition) is 0. The molecule has 1 aromatic heterocycles. The molecule has 0 radical (unpaired) electrons. The number of benzene rings is 8. The van der Waals surface area contributed by atoms with E-state index in [0.717, 1.165) is 25.7 Å². The first-order valence-electron chi connectivity index (χ1n) is 19.8. The first-order chi connectivity index (χ1) is 27.7. The molecular weight excluding hydrogens is 697 g/mol. The van der Waals surface area contributed by atoms with Crippen molar-refractivity contribution < 1.29 is 0 Å². The van der Waals surface area contributed by atoms with Gasteiger partial charge in [-0.1, -0.05) is 127 Å². The summed E-state index contributed by atoms with van der Waals surface area (Å²) in [7, 11) is 0. The minimum Gasteiger partial charge on any atom is -0.310 e. The zero-order chi connectivity index (χ0) is 37.1. The Hall–Kier alpha value is -6.42. The molecule has 3 heteroatoms. The Balaban J connectivity index is 1.13. The van der Waals surface area contributed by atoms with Crippen LogP contribution < -0.4 is 9.80 Å². The zero-order valence-corrected chi connectivity index (χ0v) is 31.9. The summed E-state index contributed by atoms with van der Waals surface area (Å²) >= 11 is 1.89. The largest absolute Gasteiger partial charge is 0.310 e. The number of aryl methyl sites for hydroxylation is 2. The highest BCUT2D eigenvalue weighted by Crippen LogP contribution is 2.60. The highest BCUT2D eigenvalue weighted by molar-refractivity contribution is 7.25. The van der Waals surface area contributed by atoms with Gasteiger partial charge in [-0.15, -0.1) is 11.3 Å². The highest BCUT2D eigenvalue weighted by Gasteiger charge is 2.49. The van der Waals surface area contributed by atoms with Crippen LogP contribution in [0.2, 0.25) is 0 Å². The van der Waals surface area contributed by atoms with Crippen molar-refractivity contribution in [2.75, 3.05) is 9.80 Å². The SMILES string of the molecule is c1ccc(-c2ccc(N(c3ccc4c(c3)sc3ccccc34)c3cccc4c3[C@]3(CCc5cccc(N(c6ccccc6)c6ccccc6)c53)CC4)cc2)cc1. The summed E-state index contributed by atoms with van der Waals surface area (Å²) in [5.74, 6) is 0. The lowest BCUT2D eigenvalue weighted by atomic mass is 9.74. The van der Waals surface area contributed by atoms with Crippen LogP contribution in [0.15, 0.2) is 194 Å². The molecule has 1 spiro atoms. The van der Waals surface area contributed by atoms with Crippen LogP contribution in [0.4, 0.5) is 34.1 Å². The van der Waals surface area contributed by atoms with Crippen molar-refractivity contribution >= 4 is 65.6 Å². The molecule has 8 aromatic carbocycles. The molecule has 0 saturated carbocycles. The summed E-state index contributed by atoms with van der Waals surface area (Å²) in [4.78, 5) is 5.04. The third kappa shape index (κ3) is 5.30. The maximum Gasteiger partial charge on any atom is 0.0505 e. The van der Waals surface area contributed by atoms with Crippen molar-refractivity contribution in [2.45, 2.75) is 31.1 Å². The second-order valence-corrected chi connectivity index (χ2v) is 16.3. The zero-order valence-electron chi connectivity index (χ0n) is 31.1. The van der Waals surface area contributed by atoms with Gasteiger partial charge in [0.25, 0.3) is 0 Å². The Morgan fingerprint density at radius 3 is 1.48 bits per heavy atom. The number of para-hydroxylation sites is 2. The van der Waals surface area contributed by atoms with Gasteiger partial charge in [-0.3, -0.25) is 0 Å². The van der Waals surface area contributed by atoms with Gasteiger partial charge in [0, 0.05) is 48.3 Å². The van der Waals surface area contributed by atoms with Crippen molar-refractivity contribution in [1.82, 2.24) is 0 Å². The molecule has 0 fully saturated rings. The molecule has 0 saturated heterocycles. The first-order valence-corrected chi connectivity index (χ1v) is 20.6. The predicted molar refractivity (Wildman–Crippen MR) is 238 cm³/mol. The number of nitrogens with zero attached hydrogens (tertiary/aromatic N) is 2. The van der Waals surface area contributed by atoms with Gasteiger partial charge in [0.15, 0.2) is 0 Å². The molecule has 11 rings (SSSR count). The minimum absolute atomic E-state index is 0.135. The van der Waals surface area contributed by atoms with Crippen molar-refractivity contribution in [3.63, 3.8) is 0 Å². The van der Waals surface area contributed by atoms with E-state index in [0.29, 0.717) is 0 Å². The summed E-state index contributed by atoms with van der Waals surface area (Å²) < 4.78 is 2.64. The van der Waals surface area contributed by atoms with Gasteiger partial charge in [-0.2, -0.15) is 0 Å². The molecule has 9 aromatic rings. The van der Waals surface area contributed by atoms with Gasteiger partial charge in [-0.25, -0.2) is 0 Å². The second kappa shape index (κ2) is 13.4. The average molecular weight is 737 g/mol. The monoisotopic (exact) mass is 736 g/mol. The van der Waals surface area contributed by atoms with E-state index in [9.17, 15) is 0 Å². The predicted octanol–water partition coefficient (Wildman–Crippen LogP) is 14.8. The molecule has 0 amide bonds. The number of anilines is 6. The van der Waals surface area contributed by atoms with E-state index in [1.165, 1.54) is 87.7 Å². The van der Waals surface area contributed by atoms with E-state index >= 15 is 0 Å². The molecule has 1 atom stereocenters. The smallest absolute Gasteiger partial charge is 0.0505 e. The van der Waals surface area contributed by atoms with Gasteiger partial charge in [-0.05, 0) is 126 Å². The molecule has 2 nitrogen and oxygen atoms in total. The van der Waals surface area contributed by atoms with Crippen molar-refractivity contribution in [2.24, 2.45) is 0 Å². The lowest BCUT2D eigenvalue weighted by Crippen LogP contribution is -2.27. The quantitative estimate of drug-likeness (QED) is 0.161. The van der Waals surface area contributed by atoms with E-state index in [1.54, 1.807) is 0 Å². The molecule has 2 aliphatic carbocycles. The molecule has 0 aliphatic heterocycles. The van der Waals surface area contributed by atoms with Gasteiger partial charge in [0.1, 0.15) is 0 Å². The molecule has 2 aliphatic rings. The third-order valence-electron chi connectivity index (χ3n) is 12.2. The molecular formula is C53H40N2S. The Labute approximate surface area is 332 Å². The van der Waals surface area contributed by atoms with Crippen molar-refractivity contribution in [1.29, 1.82) is 0 Å². The van der Waals surface area contributed by atoms with Gasteiger partial charge in [0.05, 0.1) is 11.4 Å². The molecule has 0 bridgehead atoms.